The van der Waals surface area contributed by atoms with Crippen LogP contribution in [0.2, 0.25) is 0 Å². The Morgan fingerprint density at radius 2 is 1.70 bits per heavy atom. The van der Waals surface area contributed by atoms with Crippen molar-refractivity contribution in [1.29, 1.82) is 0 Å². The summed E-state index contributed by atoms with van der Waals surface area (Å²) >= 11 is 0. The average molecular weight is 300 g/mol. The monoisotopic (exact) mass is 300 g/mol. The Kier molecular flexibility index (Phi) is 3.17. The summed E-state index contributed by atoms with van der Waals surface area (Å²) in [4.78, 5) is 9.91. The lowest BCUT2D eigenvalue weighted by Gasteiger charge is -2.54. The number of hydrogen-bond acceptors (Lipinski definition) is 5. The summed E-state index contributed by atoms with van der Waals surface area (Å²) in [7, 11) is -3.13. The van der Waals surface area contributed by atoms with Crippen molar-refractivity contribution in [1.82, 2.24) is 14.3 Å². The van der Waals surface area contributed by atoms with Crippen molar-refractivity contribution >= 4 is 16.0 Å². The first kappa shape index (κ1) is 13.7. The van der Waals surface area contributed by atoms with Crippen molar-refractivity contribution in [3.8, 4) is 0 Å². The van der Waals surface area contributed by atoms with Crippen LogP contribution in [0.1, 0.15) is 19.3 Å². The molecule has 0 unspecified atom stereocenters. The van der Waals surface area contributed by atoms with Crippen molar-refractivity contribution in [2.45, 2.75) is 24.8 Å². The third kappa shape index (κ3) is 2.26. The standard InChI is InChI=1S/C12H17FN4O2S/c1-20(18,19)17-7-4-12(17)2-5-16(6-3-12)11-14-8-10(13)9-15-11/h8-9H,2-7H2,1H3. The van der Waals surface area contributed by atoms with Crippen LogP contribution >= 0.6 is 0 Å². The molecule has 0 radical (unpaired) electrons. The van der Waals surface area contributed by atoms with Crippen molar-refractivity contribution in [2.75, 3.05) is 30.8 Å². The van der Waals surface area contributed by atoms with E-state index >= 15 is 0 Å². The molecular weight excluding hydrogens is 283 g/mol. The Balaban J connectivity index is 1.70. The van der Waals surface area contributed by atoms with Gasteiger partial charge in [0.05, 0.1) is 18.6 Å². The van der Waals surface area contributed by atoms with E-state index in [-0.39, 0.29) is 5.54 Å². The van der Waals surface area contributed by atoms with E-state index < -0.39 is 15.8 Å². The number of aromatic nitrogens is 2. The number of anilines is 1. The van der Waals surface area contributed by atoms with Gasteiger partial charge < -0.3 is 4.90 Å². The first-order chi connectivity index (χ1) is 9.41. The highest BCUT2D eigenvalue weighted by Crippen LogP contribution is 2.41. The fourth-order valence-electron chi connectivity index (χ4n) is 3.13. The molecule has 2 aliphatic rings. The molecule has 1 aromatic rings. The van der Waals surface area contributed by atoms with E-state index in [1.54, 1.807) is 4.31 Å². The van der Waals surface area contributed by atoms with Gasteiger partial charge in [0, 0.05) is 25.2 Å². The molecule has 0 amide bonds. The second kappa shape index (κ2) is 4.63. The zero-order valence-electron chi connectivity index (χ0n) is 11.3. The molecular formula is C12H17FN4O2S. The van der Waals surface area contributed by atoms with Crippen LogP contribution in [0.5, 0.6) is 0 Å². The summed E-state index contributed by atoms with van der Waals surface area (Å²) in [5, 5.41) is 0. The molecule has 2 saturated heterocycles. The van der Waals surface area contributed by atoms with Crippen LogP contribution in [0.3, 0.4) is 0 Å². The maximum atomic E-state index is 12.8. The Hall–Kier alpha value is -1.28. The Bertz CT molecular complexity index is 596. The predicted molar refractivity (Wildman–Crippen MR) is 72.3 cm³/mol. The van der Waals surface area contributed by atoms with E-state index in [4.69, 9.17) is 0 Å². The lowest BCUT2D eigenvalue weighted by atomic mass is 9.79. The largest absolute Gasteiger partial charge is 0.341 e. The van der Waals surface area contributed by atoms with Gasteiger partial charge in [-0.2, -0.15) is 4.31 Å². The number of nitrogens with zero attached hydrogens (tertiary/aromatic N) is 4. The first-order valence-corrected chi connectivity index (χ1v) is 8.46. The van der Waals surface area contributed by atoms with E-state index in [2.05, 4.69) is 9.97 Å². The highest BCUT2D eigenvalue weighted by molar-refractivity contribution is 7.88. The summed E-state index contributed by atoms with van der Waals surface area (Å²) in [5.41, 5.74) is -0.218. The molecule has 0 N–H and O–H groups in total. The van der Waals surface area contributed by atoms with Gasteiger partial charge in [-0.1, -0.05) is 0 Å². The molecule has 2 fully saturated rings. The smallest absolute Gasteiger partial charge is 0.225 e. The van der Waals surface area contributed by atoms with Gasteiger partial charge in [0.25, 0.3) is 0 Å². The van der Waals surface area contributed by atoms with Gasteiger partial charge in [0.15, 0.2) is 5.82 Å². The van der Waals surface area contributed by atoms with E-state index in [0.29, 0.717) is 25.6 Å². The van der Waals surface area contributed by atoms with Gasteiger partial charge in [-0.3, -0.25) is 0 Å². The van der Waals surface area contributed by atoms with Crippen molar-refractivity contribution < 1.29 is 12.8 Å². The van der Waals surface area contributed by atoms with Gasteiger partial charge >= 0.3 is 0 Å². The van der Waals surface area contributed by atoms with Crippen molar-refractivity contribution in [3.63, 3.8) is 0 Å². The molecule has 20 heavy (non-hydrogen) atoms. The van der Waals surface area contributed by atoms with E-state index in [0.717, 1.165) is 31.7 Å². The van der Waals surface area contributed by atoms with Crippen LogP contribution in [0, 0.1) is 5.82 Å². The molecule has 0 aromatic carbocycles. The van der Waals surface area contributed by atoms with Crippen molar-refractivity contribution in [3.05, 3.63) is 18.2 Å². The highest BCUT2D eigenvalue weighted by atomic mass is 32.2. The zero-order chi connectivity index (χ0) is 14.4. The average Bonchev–Trinajstić information content (AvgIpc) is 2.37. The molecule has 1 aromatic heterocycles. The number of sulfonamides is 1. The van der Waals surface area contributed by atoms with Gasteiger partial charge in [-0.15, -0.1) is 0 Å². The van der Waals surface area contributed by atoms with Crippen LogP contribution in [-0.4, -0.2) is 54.1 Å². The van der Waals surface area contributed by atoms with Crippen LogP contribution in [0.15, 0.2) is 12.4 Å². The third-order valence-electron chi connectivity index (χ3n) is 4.29. The zero-order valence-corrected chi connectivity index (χ0v) is 12.1. The van der Waals surface area contributed by atoms with E-state index in [9.17, 15) is 12.8 Å². The van der Waals surface area contributed by atoms with Crippen LogP contribution in [0.25, 0.3) is 0 Å². The highest BCUT2D eigenvalue weighted by Gasteiger charge is 2.50. The molecule has 0 aliphatic carbocycles. The van der Waals surface area contributed by atoms with Crippen LogP contribution in [-0.2, 0) is 10.0 Å². The fraction of sp³-hybridized carbons (Fsp3) is 0.667. The quantitative estimate of drug-likeness (QED) is 0.801. The molecule has 6 nitrogen and oxygen atoms in total. The molecule has 0 saturated carbocycles. The number of piperidine rings is 1. The van der Waals surface area contributed by atoms with Gasteiger partial charge in [0.1, 0.15) is 0 Å². The van der Waals surface area contributed by atoms with Crippen LogP contribution < -0.4 is 4.90 Å². The number of rotatable bonds is 2. The van der Waals surface area contributed by atoms with Crippen molar-refractivity contribution in [2.24, 2.45) is 0 Å². The molecule has 110 valence electrons. The van der Waals surface area contributed by atoms with E-state index in [1.807, 2.05) is 4.90 Å². The summed E-state index contributed by atoms with van der Waals surface area (Å²) in [6.45, 7) is 2.00. The topological polar surface area (TPSA) is 66.4 Å². The summed E-state index contributed by atoms with van der Waals surface area (Å²) < 4.78 is 37.9. The molecule has 3 rings (SSSR count). The molecule has 3 heterocycles. The minimum Gasteiger partial charge on any atom is -0.341 e. The Labute approximate surface area is 117 Å². The molecule has 1 spiro atoms. The van der Waals surface area contributed by atoms with Crippen LogP contribution in [0.4, 0.5) is 10.3 Å². The Morgan fingerprint density at radius 3 is 2.15 bits per heavy atom. The van der Waals surface area contributed by atoms with Gasteiger partial charge in [-0.05, 0) is 19.3 Å². The lowest BCUT2D eigenvalue weighted by molar-refractivity contribution is 0.0463. The summed E-state index contributed by atoms with van der Waals surface area (Å²) in [6, 6.07) is 0. The minimum atomic E-state index is -3.13. The summed E-state index contributed by atoms with van der Waals surface area (Å²) in [6.07, 6.45) is 6.01. The Morgan fingerprint density at radius 1 is 1.15 bits per heavy atom. The second-order valence-corrected chi connectivity index (χ2v) is 7.40. The fourth-order valence-corrected chi connectivity index (χ4v) is 4.53. The lowest BCUT2D eigenvalue weighted by Crippen LogP contribution is -2.65. The molecule has 8 heteroatoms. The molecule has 2 aliphatic heterocycles. The third-order valence-corrected chi connectivity index (χ3v) is 5.66. The second-order valence-electron chi connectivity index (χ2n) is 5.50. The van der Waals surface area contributed by atoms with Gasteiger partial charge in [0.2, 0.25) is 16.0 Å². The molecule has 0 bridgehead atoms. The van der Waals surface area contributed by atoms with E-state index in [1.165, 1.54) is 6.26 Å². The number of halogens is 1. The minimum absolute atomic E-state index is 0.218. The summed E-state index contributed by atoms with van der Waals surface area (Å²) in [5.74, 6) is 0.0518. The van der Waals surface area contributed by atoms with Gasteiger partial charge in [-0.25, -0.2) is 22.8 Å². The maximum absolute atomic E-state index is 12.8. The number of hydrogen-bond donors (Lipinski definition) is 0. The first-order valence-electron chi connectivity index (χ1n) is 6.61. The maximum Gasteiger partial charge on any atom is 0.225 e. The normalized spacial score (nSPS) is 22.8. The predicted octanol–water partition coefficient (Wildman–Crippen LogP) is 0.620. The molecule has 0 atom stereocenters. The SMILES string of the molecule is CS(=O)(=O)N1CCC12CCN(c1ncc(F)cn1)CC2.